The molecule has 0 aromatic heterocycles. The molecule has 0 fully saturated rings. The van der Waals surface area contributed by atoms with E-state index in [4.69, 9.17) is 4.74 Å². The first-order chi connectivity index (χ1) is 13.1. The van der Waals surface area contributed by atoms with Gasteiger partial charge in [-0.05, 0) is 47.0 Å². The molecule has 9 heteroatoms. The molecule has 0 saturated carbocycles. The minimum Gasteiger partial charge on any atom is -0.444 e. The monoisotopic (exact) mass is 400 g/mol. The highest BCUT2D eigenvalue weighted by Gasteiger charge is 2.15. The van der Waals surface area contributed by atoms with E-state index in [1.807, 2.05) is 6.92 Å². The zero-order chi connectivity index (χ0) is 21.4. The van der Waals surface area contributed by atoms with E-state index in [1.54, 1.807) is 20.8 Å². The molecule has 162 valence electrons. The van der Waals surface area contributed by atoms with Crippen LogP contribution >= 0.6 is 0 Å². The van der Waals surface area contributed by atoms with Crippen molar-refractivity contribution in [3.63, 3.8) is 0 Å². The Kier molecular flexibility index (Phi) is 13.5. The molecule has 28 heavy (non-hydrogen) atoms. The third-order valence-electron chi connectivity index (χ3n) is 3.43. The number of hydrogen-bond donors (Lipinski definition) is 4. The van der Waals surface area contributed by atoms with E-state index < -0.39 is 11.7 Å². The van der Waals surface area contributed by atoms with Crippen molar-refractivity contribution in [1.82, 2.24) is 21.3 Å². The van der Waals surface area contributed by atoms with Crippen molar-refractivity contribution in [2.75, 3.05) is 26.2 Å². The molecule has 0 aliphatic rings. The minimum absolute atomic E-state index is 0.0132. The Balaban J connectivity index is 3.57. The quantitative estimate of drug-likeness (QED) is 0.346. The van der Waals surface area contributed by atoms with Crippen LogP contribution in [0.1, 0.15) is 66.2 Å². The van der Waals surface area contributed by atoms with Crippen LogP contribution in [-0.2, 0) is 19.1 Å². The van der Waals surface area contributed by atoms with E-state index in [-0.39, 0.29) is 17.7 Å². The maximum Gasteiger partial charge on any atom is 0.407 e. The second-order valence-corrected chi connectivity index (χ2v) is 7.39. The Morgan fingerprint density at radius 1 is 0.679 bits per heavy atom. The summed E-state index contributed by atoms with van der Waals surface area (Å²) in [6.07, 6.45) is 2.17. The number of carbonyl (C=O) groups excluding carboxylic acids is 4. The Morgan fingerprint density at radius 2 is 1.07 bits per heavy atom. The maximum absolute atomic E-state index is 11.7. The van der Waals surface area contributed by atoms with Crippen LogP contribution in [0.25, 0.3) is 0 Å². The first-order valence-corrected chi connectivity index (χ1v) is 9.91. The van der Waals surface area contributed by atoms with Gasteiger partial charge in [-0.3, -0.25) is 14.4 Å². The van der Waals surface area contributed by atoms with E-state index >= 15 is 0 Å². The van der Waals surface area contributed by atoms with Gasteiger partial charge in [-0.1, -0.05) is 0 Å². The summed E-state index contributed by atoms with van der Waals surface area (Å²) < 4.78 is 5.10. The molecule has 9 nitrogen and oxygen atoms in total. The molecular weight excluding hydrogens is 364 g/mol. The highest BCUT2D eigenvalue weighted by molar-refractivity contribution is 5.77. The molecule has 0 saturated heterocycles. The largest absolute Gasteiger partial charge is 0.444 e. The smallest absolute Gasteiger partial charge is 0.407 e. The minimum atomic E-state index is -0.544. The average molecular weight is 401 g/mol. The topological polar surface area (TPSA) is 126 Å². The van der Waals surface area contributed by atoms with E-state index in [2.05, 4.69) is 21.3 Å². The molecule has 0 atom stereocenters. The molecule has 4 N–H and O–H groups in total. The summed E-state index contributed by atoms with van der Waals surface area (Å²) in [4.78, 5) is 46.0. The van der Waals surface area contributed by atoms with E-state index in [9.17, 15) is 19.2 Å². The van der Waals surface area contributed by atoms with E-state index in [1.165, 1.54) is 0 Å². The fraction of sp³-hybridized carbons (Fsp3) is 0.789. The normalized spacial score (nSPS) is 10.7. The summed E-state index contributed by atoms with van der Waals surface area (Å²) in [5.41, 5.74) is -0.544. The Morgan fingerprint density at radius 3 is 1.46 bits per heavy atom. The summed E-state index contributed by atoms with van der Waals surface area (Å²) in [5, 5.41) is 10.8. The SMILES string of the molecule is CCNC(=O)CCCNC(=O)CCCNC(=O)CCCNC(=O)OC(C)(C)C. The van der Waals surface area contributed by atoms with Gasteiger partial charge in [-0.15, -0.1) is 0 Å². The van der Waals surface area contributed by atoms with Crippen molar-refractivity contribution >= 4 is 23.8 Å². The van der Waals surface area contributed by atoms with E-state index in [0.29, 0.717) is 64.7 Å². The zero-order valence-corrected chi connectivity index (χ0v) is 17.6. The second kappa shape index (κ2) is 14.7. The number of nitrogens with one attached hydrogen (secondary N) is 4. The van der Waals surface area contributed by atoms with Crippen molar-refractivity contribution < 1.29 is 23.9 Å². The lowest BCUT2D eigenvalue weighted by atomic mass is 10.2. The predicted octanol–water partition coefficient (Wildman–Crippen LogP) is 1.22. The molecule has 0 aliphatic heterocycles. The first kappa shape index (κ1) is 25.7. The summed E-state index contributed by atoms with van der Waals surface area (Å²) in [6, 6.07) is 0. The van der Waals surface area contributed by atoms with Gasteiger partial charge < -0.3 is 26.0 Å². The predicted molar refractivity (Wildman–Crippen MR) is 107 cm³/mol. The fourth-order valence-electron chi connectivity index (χ4n) is 2.17. The first-order valence-electron chi connectivity index (χ1n) is 9.91. The van der Waals surface area contributed by atoms with Gasteiger partial charge in [-0.25, -0.2) is 4.79 Å². The number of amides is 4. The van der Waals surface area contributed by atoms with Crippen LogP contribution in [0.3, 0.4) is 0 Å². The molecular formula is C19H36N4O5. The third kappa shape index (κ3) is 17.1. The van der Waals surface area contributed by atoms with Crippen LogP contribution < -0.4 is 21.3 Å². The van der Waals surface area contributed by atoms with Crippen molar-refractivity contribution in [2.24, 2.45) is 0 Å². The maximum atomic E-state index is 11.7. The van der Waals surface area contributed by atoms with Gasteiger partial charge in [0.1, 0.15) is 5.60 Å². The molecule has 0 aliphatic carbocycles. The van der Waals surface area contributed by atoms with E-state index in [0.717, 1.165) is 0 Å². The molecule has 0 rings (SSSR count). The summed E-state index contributed by atoms with van der Waals surface area (Å²) >= 11 is 0. The van der Waals surface area contributed by atoms with Crippen LogP contribution in [-0.4, -0.2) is 55.6 Å². The van der Waals surface area contributed by atoms with Gasteiger partial charge in [-0.2, -0.15) is 0 Å². The Bertz CT molecular complexity index is 503. The number of ether oxygens (including phenoxy) is 1. The molecule has 0 aromatic rings. The lowest BCUT2D eigenvalue weighted by Gasteiger charge is -2.19. The van der Waals surface area contributed by atoms with Crippen LogP contribution in [0.15, 0.2) is 0 Å². The number of hydrogen-bond acceptors (Lipinski definition) is 5. The molecule has 0 unspecified atom stereocenters. The molecule has 4 amide bonds. The molecule has 0 heterocycles. The lowest BCUT2D eigenvalue weighted by molar-refractivity contribution is -0.123. The number of carbonyl (C=O) groups is 4. The highest BCUT2D eigenvalue weighted by Crippen LogP contribution is 2.06. The van der Waals surface area contributed by atoms with Crippen LogP contribution in [0.2, 0.25) is 0 Å². The summed E-state index contributed by atoms with van der Waals surface area (Å²) in [6.45, 7) is 9.07. The lowest BCUT2D eigenvalue weighted by Crippen LogP contribution is -2.33. The molecule has 0 radical (unpaired) electrons. The van der Waals surface area contributed by atoms with Crippen molar-refractivity contribution in [2.45, 2.75) is 71.8 Å². The van der Waals surface area contributed by atoms with Crippen LogP contribution in [0, 0.1) is 0 Å². The van der Waals surface area contributed by atoms with Crippen molar-refractivity contribution in [1.29, 1.82) is 0 Å². The fourth-order valence-corrected chi connectivity index (χ4v) is 2.17. The van der Waals surface area contributed by atoms with Gasteiger partial charge in [0, 0.05) is 45.4 Å². The molecule has 0 bridgehead atoms. The van der Waals surface area contributed by atoms with Crippen LogP contribution in [0.4, 0.5) is 4.79 Å². The standard InChI is InChI=1S/C19H36N4O5/c1-5-20-15(24)9-6-12-21-16(25)10-7-13-22-17(26)11-8-14-23-18(27)28-19(2,3)4/h5-14H2,1-4H3,(H,20,24)(H,21,25)(H,22,26)(H,23,27). The third-order valence-corrected chi connectivity index (χ3v) is 3.43. The average Bonchev–Trinajstić information content (AvgIpc) is 2.58. The van der Waals surface area contributed by atoms with Gasteiger partial charge in [0.25, 0.3) is 0 Å². The Hall–Kier alpha value is -2.32. The second-order valence-electron chi connectivity index (χ2n) is 7.39. The Labute approximate surface area is 167 Å². The number of rotatable bonds is 13. The summed E-state index contributed by atoms with van der Waals surface area (Å²) in [7, 11) is 0. The highest BCUT2D eigenvalue weighted by atomic mass is 16.6. The molecule has 0 spiro atoms. The van der Waals surface area contributed by atoms with Gasteiger partial charge >= 0.3 is 6.09 Å². The van der Waals surface area contributed by atoms with Crippen molar-refractivity contribution in [3.05, 3.63) is 0 Å². The van der Waals surface area contributed by atoms with Gasteiger partial charge in [0.15, 0.2) is 0 Å². The number of alkyl carbamates (subject to hydrolysis) is 1. The van der Waals surface area contributed by atoms with Crippen LogP contribution in [0.5, 0.6) is 0 Å². The summed E-state index contributed by atoms with van der Waals surface area (Å²) in [5.74, 6) is -0.221. The van der Waals surface area contributed by atoms with Gasteiger partial charge in [0.2, 0.25) is 17.7 Å². The van der Waals surface area contributed by atoms with Gasteiger partial charge in [0.05, 0.1) is 0 Å². The zero-order valence-electron chi connectivity index (χ0n) is 17.6. The van der Waals surface area contributed by atoms with Crippen molar-refractivity contribution in [3.8, 4) is 0 Å². The molecule has 0 aromatic carbocycles.